The Morgan fingerprint density at radius 1 is 1.32 bits per heavy atom. The summed E-state index contributed by atoms with van der Waals surface area (Å²) in [5, 5.41) is 7.11. The van der Waals surface area contributed by atoms with Crippen molar-refractivity contribution in [1.29, 1.82) is 0 Å². The quantitative estimate of drug-likeness (QED) is 0.428. The van der Waals surface area contributed by atoms with E-state index in [1.165, 1.54) is 6.26 Å². The van der Waals surface area contributed by atoms with Gasteiger partial charge in [0.05, 0.1) is 5.75 Å². The van der Waals surface area contributed by atoms with Crippen LogP contribution in [0.5, 0.6) is 0 Å². The Balaban J connectivity index is 2.39. The van der Waals surface area contributed by atoms with Crippen molar-refractivity contribution in [2.75, 3.05) is 31.6 Å². The van der Waals surface area contributed by atoms with Crippen LogP contribution < -0.4 is 10.6 Å². The summed E-state index contributed by atoms with van der Waals surface area (Å²) < 4.78 is 22.1. The summed E-state index contributed by atoms with van der Waals surface area (Å²) in [5.41, 5.74) is 1.16. The number of rotatable bonds is 8. The van der Waals surface area contributed by atoms with Gasteiger partial charge in [-0.05, 0) is 37.5 Å². The van der Waals surface area contributed by atoms with E-state index >= 15 is 0 Å². The van der Waals surface area contributed by atoms with E-state index in [-0.39, 0.29) is 5.75 Å². The second kappa shape index (κ2) is 9.69. The van der Waals surface area contributed by atoms with E-state index in [9.17, 15) is 8.42 Å². The Bertz CT molecular complexity index is 588. The van der Waals surface area contributed by atoms with Gasteiger partial charge in [0.25, 0.3) is 0 Å². The second-order valence-corrected chi connectivity index (χ2v) is 7.75. The molecule has 0 saturated heterocycles. The molecule has 1 rings (SSSR count). The molecule has 0 spiro atoms. The molecule has 0 unspecified atom stereocenters. The number of sulfone groups is 1. The van der Waals surface area contributed by atoms with Gasteiger partial charge in [0, 0.05) is 30.9 Å². The summed E-state index contributed by atoms with van der Waals surface area (Å²) >= 11 is 5.95. The molecule has 0 aliphatic rings. The summed E-state index contributed by atoms with van der Waals surface area (Å²) in [5.74, 6) is 0.872. The summed E-state index contributed by atoms with van der Waals surface area (Å²) in [7, 11) is -2.91. The highest BCUT2D eigenvalue weighted by Crippen LogP contribution is 2.10. The minimum absolute atomic E-state index is 0.165. The van der Waals surface area contributed by atoms with E-state index in [0.29, 0.717) is 18.9 Å². The van der Waals surface area contributed by atoms with Crippen molar-refractivity contribution < 1.29 is 8.42 Å². The summed E-state index contributed by atoms with van der Waals surface area (Å²) in [6.45, 7) is 3.97. The molecule has 0 heterocycles. The largest absolute Gasteiger partial charge is 0.357 e. The van der Waals surface area contributed by atoms with E-state index in [1.807, 2.05) is 31.2 Å². The second-order valence-electron chi connectivity index (χ2n) is 5.05. The molecule has 0 amide bonds. The molecule has 5 nitrogen and oxygen atoms in total. The third-order valence-electron chi connectivity index (χ3n) is 2.88. The predicted octanol–water partition coefficient (Wildman–Crippen LogP) is 1.87. The van der Waals surface area contributed by atoms with Crippen molar-refractivity contribution in [1.82, 2.24) is 10.6 Å². The molecule has 7 heteroatoms. The van der Waals surface area contributed by atoms with Gasteiger partial charge in [0.2, 0.25) is 0 Å². The molecule has 0 atom stereocenters. The smallest absolute Gasteiger partial charge is 0.191 e. The highest BCUT2D eigenvalue weighted by molar-refractivity contribution is 7.90. The Kier molecular flexibility index (Phi) is 8.27. The molecule has 0 bridgehead atoms. The number of benzene rings is 1. The number of nitrogens with zero attached hydrogens (tertiary/aromatic N) is 1. The Morgan fingerprint density at radius 3 is 2.73 bits per heavy atom. The first kappa shape index (κ1) is 18.8. The molecule has 0 radical (unpaired) electrons. The first-order valence-corrected chi connectivity index (χ1v) is 9.79. The normalized spacial score (nSPS) is 12.2. The van der Waals surface area contributed by atoms with Crippen LogP contribution in [0.15, 0.2) is 29.3 Å². The third-order valence-corrected chi connectivity index (χ3v) is 4.15. The van der Waals surface area contributed by atoms with Gasteiger partial charge in [-0.15, -0.1) is 0 Å². The number of hydrogen-bond donors (Lipinski definition) is 2. The lowest BCUT2D eigenvalue weighted by molar-refractivity contribution is 0.599. The van der Waals surface area contributed by atoms with Crippen LogP contribution in [-0.2, 0) is 16.3 Å². The molecule has 0 aromatic heterocycles. The lowest BCUT2D eigenvalue weighted by atomic mass is 10.1. The predicted molar refractivity (Wildman–Crippen MR) is 93.5 cm³/mol. The number of nitrogens with one attached hydrogen (secondary N) is 2. The standard InChI is InChI=1S/C15H24ClN3O2S/c1-3-17-15(18-9-5-11-22(2,20)21)19-10-8-13-6-4-7-14(16)12-13/h4,6-7,12H,3,5,8-11H2,1-2H3,(H2,17,18,19). The van der Waals surface area contributed by atoms with Crippen LogP contribution in [0.2, 0.25) is 5.02 Å². The molecule has 22 heavy (non-hydrogen) atoms. The Hall–Kier alpha value is -1.27. The number of hydrogen-bond acceptors (Lipinski definition) is 3. The summed E-state index contributed by atoms with van der Waals surface area (Å²) in [6, 6.07) is 7.76. The number of aliphatic imine (C=N–C) groups is 1. The average Bonchev–Trinajstić information content (AvgIpc) is 2.42. The molecular weight excluding hydrogens is 322 g/mol. The minimum Gasteiger partial charge on any atom is -0.357 e. The number of halogens is 1. The zero-order valence-electron chi connectivity index (χ0n) is 13.1. The van der Waals surface area contributed by atoms with Crippen LogP contribution in [0.25, 0.3) is 0 Å². The SMILES string of the molecule is CCNC(=NCCCS(C)(=O)=O)NCCc1cccc(Cl)c1. The van der Waals surface area contributed by atoms with Crippen molar-refractivity contribution >= 4 is 27.4 Å². The van der Waals surface area contributed by atoms with Gasteiger partial charge >= 0.3 is 0 Å². The maximum atomic E-state index is 11.1. The maximum absolute atomic E-state index is 11.1. The third kappa shape index (κ3) is 8.89. The van der Waals surface area contributed by atoms with Crippen LogP contribution in [0.4, 0.5) is 0 Å². The van der Waals surface area contributed by atoms with Crippen LogP contribution in [-0.4, -0.2) is 46.0 Å². The first-order chi connectivity index (χ1) is 10.4. The van der Waals surface area contributed by atoms with Crippen molar-refractivity contribution in [3.63, 3.8) is 0 Å². The number of guanidine groups is 1. The van der Waals surface area contributed by atoms with Crippen molar-refractivity contribution in [2.45, 2.75) is 19.8 Å². The first-order valence-electron chi connectivity index (χ1n) is 7.35. The summed E-state index contributed by atoms with van der Waals surface area (Å²) in [6.07, 6.45) is 2.61. The lowest BCUT2D eigenvalue weighted by Gasteiger charge is -2.11. The average molecular weight is 346 g/mol. The topological polar surface area (TPSA) is 70.6 Å². The fraction of sp³-hybridized carbons (Fsp3) is 0.533. The lowest BCUT2D eigenvalue weighted by Crippen LogP contribution is -2.38. The molecule has 0 aliphatic heterocycles. The van der Waals surface area contributed by atoms with Gasteiger partial charge in [0.15, 0.2) is 5.96 Å². The van der Waals surface area contributed by atoms with E-state index in [2.05, 4.69) is 15.6 Å². The Labute approximate surface area is 138 Å². The molecule has 0 aliphatic carbocycles. The molecule has 2 N–H and O–H groups in total. The molecule has 0 saturated carbocycles. The molecular formula is C15H24ClN3O2S. The van der Waals surface area contributed by atoms with Crippen molar-refractivity contribution in [3.05, 3.63) is 34.9 Å². The van der Waals surface area contributed by atoms with Gasteiger partial charge in [0.1, 0.15) is 9.84 Å². The van der Waals surface area contributed by atoms with Crippen LogP contribution in [0, 0.1) is 0 Å². The zero-order chi connectivity index (χ0) is 16.4. The maximum Gasteiger partial charge on any atom is 0.191 e. The van der Waals surface area contributed by atoms with Crippen LogP contribution in [0.3, 0.4) is 0 Å². The molecule has 1 aromatic carbocycles. The van der Waals surface area contributed by atoms with Crippen molar-refractivity contribution in [2.24, 2.45) is 4.99 Å². The Morgan fingerprint density at radius 2 is 2.09 bits per heavy atom. The fourth-order valence-electron chi connectivity index (χ4n) is 1.88. The van der Waals surface area contributed by atoms with Gasteiger partial charge in [-0.3, -0.25) is 4.99 Å². The van der Waals surface area contributed by atoms with Gasteiger partial charge in [-0.1, -0.05) is 23.7 Å². The van der Waals surface area contributed by atoms with Gasteiger partial charge in [-0.2, -0.15) is 0 Å². The molecule has 1 aromatic rings. The zero-order valence-corrected chi connectivity index (χ0v) is 14.7. The van der Waals surface area contributed by atoms with Gasteiger partial charge in [-0.25, -0.2) is 8.42 Å². The monoisotopic (exact) mass is 345 g/mol. The molecule has 0 fully saturated rings. The van der Waals surface area contributed by atoms with Gasteiger partial charge < -0.3 is 10.6 Å². The highest BCUT2D eigenvalue weighted by Gasteiger charge is 2.02. The van der Waals surface area contributed by atoms with Crippen LogP contribution >= 0.6 is 11.6 Å². The fourth-order valence-corrected chi connectivity index (χ4v) is 2.74. The highest BCUT2D eigenvalue weighted by atomic mass is 35.5. The van der Waals surface area contributed by atoms with E-state index in [4.69, 9.17) is 11.6 Å². The van der Waals surface area contributed by atoms with Crippen LogP contribution in [0.1, 0.15) is 18.9 Å². The van der Waals surface area contributed by atoms with Crippen molar-refractivity contribution in [3.8, 4) is 0 Å². The van der Waals surface area contributed by atoms with E-state index in [0.717, 1.165) is 30.1 Å². The van der Waals surface area contributed by atoms with E-state index < -0.39 is 9.84 Å². The van der Waals surface area contributed by atoms with E-state index in [1.54, 1.807) is 0 Å². The summed E-state index contributed by atoms with van der Waals surface area (Å²) in [4.78, 5) is 4.37. The minimum atomic E-state index is -2.91. The molecule has 124 valence electrons.